The lowest BCUT2D eigenvalue weighted by atomic mass is 10.0. The summed E-state index contributed by atoms with van der Waals surface area (Å²) in [5.74, 6) is -0.526. The predicted molar refractivity (Wildman–Crippen MR) is 166 cm³/mol. The van der Waals surface area contributed by atoms with E-state index in [9.17, 15) is 9.65 Å². The van der Waals surface area contributed by atoms with Gasteiger partial charge in [-0.05, 0) is 67.4 Å². The summed E-state index contributed by atoms with van der Waals surface area (Å²) in [5, 5.41) is 19.7. The molecule has 8 nitrogen and oxygen atoms in total. The average Bonchev–Trinajstić information content (AvgIpc) is 3.66. The fourth-order valence-electron chi connectivity index (χ4n) is 5.43. The second-order valence-corrected chi connectivity index (χ2v) is 11.3. The van der Waals surface area contributed by atoms with Gasteiger partial charge in [0.1, 0.15) is 11.9 Å². The Morgan fingerprint density at radius 2 is 1.88 bits per heavy atom. The molecule has 0 unspecified atom stereocenters. The van der Waals surface area contributed by atoms with Gasteiger partial charge in [-0.3, -0.25) is 14.9 Å². The number of nitrogens with one attached hydrogen (secondary N) is 4. The molecule has 6 rings (SSSR count). The highest BCUT2D eigenvalue weighted by Crippen LogP contribution is 2.37. The number of fused-ring (bicyclic) bond motifs is 1. The number of pyridine rings is 1. The van der Waals surface area contributed by atoms with Crippen LogP contribution < -0.4 is 21.6 Å². The zero-order chi connectivity index (χ0) is 29.2. The maximum Gasteiger partial charge on any atom is 0.141 e. The number of nitriles is 1. The molecule has 1 saturated heterocycles. The summed E-state index contributed by atoms with van der Waals surface area (Å²) >= 11 is 12.8. The highest BCUT2D eigenvalue weighted by molar-refractivity contribution is 6.36. The van der Waals surface area contributed by atoms with Gasteiger partial charge in [0.05, 0.1) is 38.6 Å². The van der Waals surface area contributed by atoms with E-state index in [1.165, 1.54) is 36.7 Å². The van der Waals surface area contributed by atoms with Crippen LogP contribution in [0, 0.1) is 17.1 Å². The van der Waals surface area contributed by atoms with Crippen molar-refractivity contribution in [1.82, 2.24) is 25.9 Å². The molecule has 3 aromatic carbocycles. The Morgan fingerprint density at radius 1 is 1.07 bits per heavy atom. The first kappa shape index (κ1) is 28.1. The molecule has 0 spiro atoms. The first-order chi connectivity index (χ1) is 20.4. The van der Waals surface area contributed by atoms with Gasteiger partial charge in [0.15, 0.2) is 0 Å². The second kappa shape index (κ2) is 12.0. The van der Waals surface area contributed by atoms with E-state index >= 15 is 0 Å². The van der Waals surface area contributed by atoms with Gasteiger partial charge in [0, 0.05) is 42.8 Å². The van der Waals surface area contributed by atoms with E-state index in [1.54, 1.807) is 6.07 Å². The van der Waals surface area contributed by atoms with Crippen LogP contribution in [0.2, 0.25) is 10.0 Å². The standard InChI is InChI=1S/C31H29Cl2FN8/c1-41-18-28(39-40-41)30(20-6-4-5-19(11-20)17-42-9-2-3-10-42)38-23-12-24-29(37-22-7-8-27(34)25(32)13-22)21(15-35)16-36-31(24)26(33)14-23/h4-8,11-14,16,18,30,38-40H,2-3,9-10,17H2,1H3,(H,36,37)/t30-/m1/s1. The van der Waals surface area contributed by atoms with Gasteiger partial charge in [-0.15, -0.1) is 5.53 Å². The number of benzene rings is 3. The first-order valence-electron chi connectivity index (χ1n) is 13.7. The summed E-state index contributed by atoms with van der Waals surface area (Å²) in [6.45, 7) is 3.17. The molecule has 0 radical (unpaired) electrons. The topological polar surface area (TPSA) is 91.3 Å². The third-order valence-electron chi connectivity index (χ3n) is 7.45. The molecular weight excluding hydrogens is 574 g/mol. The lowest BCUT2D eigenvalue weighted by Crippen LogP contribution is -2.35. The summed E-state index contributed by atoms with van der Waals surface area (Å²) in [7, 11) is 1.92. The summed E-state index contributed by atoms with van der Waals surface area (Å²) < 4.78 is 13.8. The van der Waals surface area contributed by atoms with Crippen molar-refractivity contribution in [3.63, 3.8) is 0 Å². The Bertz CT molecular complexity index is 1710. The normalized spacial score (nSPS) is 15.8. The molecule has 0 saturated carbocycles. The van der Waals surface area contributed by atoms with E-state index in [0.717, 1.165) is 36.6 Å². The minimum atomic E-state index is -0.526. The molecule has 2 aliphatic rings. The van der Waals surface area contributed by atoms with E-state index in [-0.39, 0.29) is 11.1 Å². The van der Waals surface area contributed by atoms with Crippen molar-refractivity contribution in [1.29, 1.82) is 5.26 Å². The number of likely N-dealkylation sites (tertiary alicyclic amines) is 1. The quantitative estimate of drug-likeness (QED) is 0.174. The van der Waals surface area contributed by atoms with E-state index in [4.69, 9.17) is 23.2 Å². The van der Waals surface area contributed by atoms with Gasteiger partial charge >= 0.3 is 0 Å². The molecule has 11 heteroatoms. The largest absolute Gasteiger partial charge is 0.373 e. The van der Waals surface area contributed by atoms with Gasteiger partial charge in [0.2, 0.25) is 0 Å². The van der Waals surface area contributed by atoms with Crippen LogP contribution in [0.1, 0.15) is 35.6 Å². The highest BCUT2D eigenvalue weighted by Gasteiger charge is 2.23. The van der Waals surface area contributed by atoms with Crippen molar-refractivity contribution in [2.75, 3.05) is 30.8 Å². The molecule has 4 N–H and O–H groups in total. The van der Waals surface area contributed by atoms with Crippen molar-refractivity contribution in [3.05, 3.63) is 105 Å². The van der Waals surface area contributed by atoms with Gasteiger partial charge in [-0.2, -0.15) is 5.26 Å². The average molecular weight is 604 g/mol. The minimum Gasteiger partial charge on any atom is -0.373 e. The summed E-state index contributed by atoms with van der Waals surface area (Å²) in [6, 6.07) is 18.6. The van der Waals surface area contributed by atoms with Crippen molar-refractivity contribution in [2.24, 2.45) is 0 Å². The van der Waals surface area contributed by atoms with E-state index in [1.807, 2.05) is 30.4 Å². The zero-order valence-corrected chi connectivity index (χ0v) is 24.4. The van der Waals surface area contributed by atoms with Gasteiger partial charge in [-0.25, -0.2) is 4.39 Å². The fourth-order valence-corrected chi connectivity index (χ4v) is 5.88. The van der Waals surface area contributed by atoms with Crippen molar-refractivity contribution in [3.8, 4) is 6.07 Å². The van der Waals surface area contributed by atoms with Gasteiger partial charge in [0.25, 0.3) is 0 Å². The fraction of sp³-hybridized carbons (Fsp3) is 0.226. The lowest BCUT2D eigenvalue weighted by Gasteiger charge is -2.23. The molecule has 3 heterocycles. The number of hydrogen-bond acceptors (Lipinski definition) is 8. The molecule has 1 atom stereocenters. The van der Waals surface area contributed by atoms with Gasteiger partial charge < -0.3 is 16.1 Å². The summed E-state index contributed by atoms with van der Waals surface area (Å²) in [4.78, 5) is 6.94. The first-order valence-corrected chi connectivity index (χ1v) is 14.4. The van der Waals surface area contributed by atoms with Gasteiger partial charge in [-0.1, -0.05) is 47.5 Å². The second-order valence-electron chi connectivity index (χ2n) is 10.5. The third-order valence-corrected chi connectivity index (χ3v) is 8.03. The minimum absolute atomic E-state index is 0.0250. The molecule has 214 valence electrons. The Hall–Kier alpha value is -4.07. The number of hydrogen-bond donors (Lipinski definition) is 4. The summed E-state index contributed by atoms with van der Waals surface area (Å²) in [6.07, 6.45) is 5.95. The van der Waals surface area contributed by atoms with Crippen LogP contribution in [-0.4, -0.2) is 35.0 Å². The number of anilines is 3. The molecule has 1 aromatic heterocycles. The maximum absolute atomic E-state index is 13.8. The number of hydrazine groups is 2. The summed E-state index contributed by atoms with van der Waals surface area (Å²) in [5.41, 5.74) is 12.2. The van der Waals surface area contributed by atoms with Crippen molar-refractivity contribution in [2.45, 2.75) is 25.4 Å². The van der Waals surface area contributed by atoms with Crippen molar-refractivity contribution < 1.29 is 4.39 Å². The maximum atomic E-state index is 13.8. The predicted octanol–water partition coefficient (Wildman–Crippen LogP) is 6.84. The lowest BCUT2D eigenvalue weighted by molar-refractivity contribution is 0.326. The molecule has 0 bridgehead atoms. The molecule has 4 aromatic rings. The number of nitrogens with zero attached hydrogens (tertiary/aromatic N) is 4. The molecular formula is C31H29Cl2FN8. The monoisotopic (exact) mass is 602 g/mol. The van der Waals surface area contributed by atoms with Crippen molar-refractivity contribution >= 4 is 51.2 Å². The van der Waals surface area contributed by atoms with Crippen LogP contribution in [0.4, 0.5) is 21.5 Å². The zero-order valence-electron chi connectivity index (χ0n) is 22.9. The third kappa shape index (κ3) is 5.94. The van der Waals surface area contributed by atoms with Crippen LogP contribution in [0.3, 0.4) is 0 Å². The Kier molecular flexibility index (Phi) is 8.05. The Balaban J connectivity index is 1.39. The number of aromatic nitrogens is 1. The molecule has 0 amide bonds. The molecule has 1 fully saturated rings. The van der Waals surface area contributed by atoms with Crippen LogP contribution in [0.25, 0.3) is 10.9 Å². The highest BCUT2D eigenvalue weighted by atomic mass is 35.5. The Labute approximate surface area is 253 Å². The van der Waals surface area contributed by atoms with Crippen LogP contribution >= 0.6 is 23.2 Å². The van der Waals surface area contributed by atoms with Crippen LogP contribution in [-0.2, 0) is 6.54 Å². The van der Waals surface area contributed by atoms with E-state index < -0.39 is 5.82 Å². The molecule has 42 heavy (non-hydrogen) atoms. The SMILES string of the molecule is CN1C=C([C@H](Nc2cc(Cl)c3ncc(C#N)c(Nc4ccc(F)c(Cl)c4)c3c2)c2cccc(CN3CCCC3)c2)NN1. The van der Waals surface area contributed by atoms with Crippen LogP contribution in [0.15, 0.2) is 72.7 Å². The smallest absolute Gasteiger partial charge is 0.141 e. The van der Waals surface area contributed by atoms with E-state index in [0.29, 0.717) is 32.9 Å². The number of halogens is 3. The molecule has 2 aliphatic heterocycles. The Morgan fingerprint density at radius 3 is 2.62 bits per heavy atom. The number of rotatable bonds is 8. The van der Waals surface area contributed by atoms with E-state index in [2.05, 4.69) is 61.8 Å². The molecule has 0 aliphatic carbocycles. The van der Waals surface area contributed by atoms with Crippen LogP contribution in [0.5, 0.6) is 0 Å².